The lowest BCUT2D eigenvalue weighted by molar-refractivity contribution is -0.275. The van der Waals surface area contributed by atoms with E-state index in [1.165, 1.54) is 13.1 Å². The van der Waals surface area contributed by atoms with Crippen LogP contribution in [0.3, 0.4) is 0 Å². The number of hydrogen-bond donors (Lipinski definition) is 2. The molecule has 7 nitrogen and oxygen atoms in total. The number of methoxy groups -OCH3 is 1. The highest BCUT2D eigenvalue weighted by Crippen LogP contribution is 2.59. The number of carboxylic acid groups (broad SMARTS) is 1. The van der Waals surface area contributed by atoms with Crippen LogP contribution in [0.5, 0.6) is 5.75 Å². The number of nitrogens with zero attached hydrogens (tertiary/aromatic N) is 2. The molecule has 0 unspecified atom stereocenters. The summed E-state index contributed by atoms with van der Waals surface area (Å²) in [6.45, 7) is 2.18. The maximum absolute atomic E-state index is 14.4. The van der Waals surface area contributed by atoms with Gasteiger partial charge in [0.25, 0.3) is 0 Å². The highest BCUT2D eigenvalue weighted by Gasteiger charge is 2.65. The van der Waals surface area contributed by atoms with E-state index in [0.29, 0.717) is 0 Å². The molecule has 176 valence electrons. The van der Waals surface area contributed by atoms with Crippen molar-refractivity contribution in [3.05, 3.63) is 53.1 Å². The average molecular weight is 471 g/mol. The first kappa shape index (κ1) is 22.9. The maximum Gasteiger partial charge on any atom is 0.417 e. The number of alkyl halides is 3. The number of fused-ring (bicyclic) bond motifs is 1. The molecule has 0 spiro atoms. The molecule has 1 saturated heterocycles. The van der Waals surface area contributed by atoms with Crippen LogP contribution in [0.15, 0.2) is 24.4 Å². The normalized spacial score (nSPS) is 25.5. The van der Waals surface area contributed by atoms with E-state index in [4.69, 9.17) is 14.6 Å². The van der Waals surface area contributed by atoms with Gasteiger partial charge in [0.1, 0.15) is 17.6 Å². The third-order valence-corrected chi connectivity index (χ3v) is 6.19. The molecule has 3 aromatic rings. The molecule has 1 aliphatic heterocycles. The fraction of sp³-hybridized carbons (Fsp3) is 0.381. The largest absolute Gasteiger partial charge is 0.493 e. The molecular weight excluding hydrogens is 453 g/mol. The fourth-order valence-electron chi connectivity index (χ4n) is 4.23. The van der Waals surface area contributed by atoms with Gasteiger partial charge in [-0.3, -0.25) is 0 Å². The van der Waals surface area contributed by atoms with E-state index < -0.39 is 53.1 Å². The molecular formula is C21H18F5N3O4. The van der Waals surface area contributed by atoms with E-state index in [9.17, 15) is 26.7 Å². The SMILES string of the molecule is COc1c([C@H]2[C@H](c3nc4cc(C(=O)O)ncc4[nH]3)O[C@@](C)(C(F)(F)F)[C@H]2C)ccc(F)c1F. The molecule has 4 rings (SSSR count). The van der Waals surface area contributed by atoms with Crippen LogP contribution in [-0.2, 0) is 4.74 Å². The van der Waals surface area contributed by atoms with Crippen molar-refractivity contribution in [2.75, 3.05) is 7.11 Å². The van der Waals surface area contributed by atoms with Crippen molar-refractivity contribution >= 4 is 17.0 Å². The number of aromatic amines is 1. The van der Waals surface area contributed by atoms with Gasteiger partial charge in [0.15, 0.2) is 17.2 Å². The number of H-pyrrole nitrogens is 1. The molecule has 0 aliphatic carbocycles. The molecule has 2 aromatic heterocycles. The number of imidazole rings is 1. The molecule has 12 heteroatoms. The molecule has 1 aromatic carbocycles. The van der Waals surface area contributed by atoms with Gasteiger partial charge in [0.2, 0.25) is 5.82 Å². The third kappa shape index (κ3) is 3.48. The highest BCUT2D eigenvalue weighted by atomic mass is 19.4. The van der Waals surface area contributed by atoms with Crippen LogP contribution in [0.1, 0.15) is 47.7 Å². The van der Waals surface area contributed by atoms with Crippen LogP contribution in [0.2, 0.25) is 0 Å². The van der Waals surface area contributed by atoms with E-state index in [1.54, 1.807) is 0 Å². The molecule has 0 radical (unpaired) electrons. The van der Waals surface area contributed by atoms with Gasteiger partial charge in [-0.2, -0.15) is 17.6 Å². The summed E-state index contributed by atoms with van der Waals surface area (Å²) in [5.74, 6) is -6.84. The number of pyridine rings is 1. The summed E-state index contributed by atoms with van der Waals surface area (Å²) >= 11 is 0. The zero-order valence-corrected chi connectivity index (χ0v) is 17.5. The Morgan fingerprint density at radius 2 is 2.00 bits per heavy atom. The van der Waals surface area contributed by atoms with Gasteiger partial charge in [0, 0.05) is 17.4 Å². The van der Waals surface area contributed by atoms with Gasteiger partial charge in [-0.25, -0.2) is 19.2 Å². The first-order valence-electron chi connectivity index (χ1n) is 9.74. The standard InChI is InChI=1S/C21H18F5N3O4/c1-8-14(9-4-5-10(22)15(23)16(9)32-3)17(33-20(8,2)21(24,25)26)18-28-11-6-12(19(30)31)27-7-13(11)29-18/h4-8,14,17H,1-3H3,(H,28,29)(H,30,31)/t8-,14-,17+,20+/m0/s1. The molecule has 3 heterocycles. The molecule has 0 bridgehead atoms. The van der Waals surface area contributed by atoms with Crippen LogP contribution in [0.4, 0.5) is 22.0 Å². The molecule has 33 heavy (non-hydrogen) atoms. The number of ether oxygens (including phenoxy) is 2. The maximum atomic E-state index is 14.4. The predicted octanol–water partition coefficient (Wildman–Crippen LogP) is 4.76. The Kier molecular flexibility index (Phi) is 5.31. The number of halogens is 5. The molecule has 4 atom stereocenters. The fourth-order valence-corrected chi connectivity index (χ4v) is 4.23. The van der Waals surface area contributed by atoms with E-state index >= 15 is 0 Å². The van der Waals surface area contributed by atoms with E-state index in [-0.39, 0.29) is 28.1 Å². The van der Waals surface area contributed by atoms with Crippen molar-refractivity contribution < 1.29 is 41.3 Å². The summed E-state index contributed by atoms with van der Waals surface area (Å²) in [7, 11) is 1.08. The second kappa shape index (κ2) is 7.65. The van der Waals surface area contributed by atoms with Crippen molar-refractivity contribution in [3.8, 4) is 5.75 Å². The second-order valence-electron chi connectivity index (χ2n) is 7.96. The molecule has 2 N–H and O–H groups in total. The Hall–Kier alpha value is -3.28. The van der Waals surface area contributed by atoms with Crippen molar-refractivity contribution in [3.63, 3.8) is 0 Å². The number of carboxylic acids is 1. The van der Waals surface area contributed by atoms with Gasteiger partial charge in [0.05, 0.1) is 24.3 Å². The Balaban J connectivity index is 1.91. The Bertz CT molecular complexity index is 1240. The summed E-state index contributed by atoms with van der Waals surface area (Å²) < 4.78 is 80.9. The molecule has 1 aliphatic rings. The van der Waals surface area contributed by atoms with E-state index in [2.05, 4.69) is 15.0 Å². The minimum absolute atomic E-state index is 0.0216. The Labute approximate surface area is 183 Å². The predicted molar refractivity (Wildman–Crippen MR) is 104 cm³/mol. The van der Waals surface area contributed by atoms with E-state index in [1.807, 2.05) is 0 Å². The van der Waals surface area contributed by atoms with Gasteiger partial charge in [-0.1, -0.05) is 13.0 Å². The number of aromatic carboxylic acids is 1. The zero-order valence-electron chi connectivity index (χ0n) is 17.5. The number of rotatable bonds is 4. The lowest BCUT2D eigenvalue weighted by Crippen LogP contribution is -2.46. The summed E-state index contributed by atoms with van der Waals surface area (Å²) in [5, 5.41) is 9.12. The Morgan fingerprint density at radius 3 is 2.61 bits per heavy atom. The lowest BCUT2D eigenvalue weighted by Gasteiger charge is -2.32. The highest BCUT2D eigenvalue weighted by molar-refractivity contribution is 5.89. The monoisotopic (exact) mass is 471 g/mol. The summed E-state index contributed by atoms with van der Waals surface area (Å²) in [6, 6.07) is 3.12. The Morgan fingerprint density at radius 1 is 1.30 bits per heavy atom. The third-order valence-electron chi connectivity index (χ3n) is 6.19. The van der Waals surface area contributed by atoms with Crippen LogP contribution >= 0.6 is 0 Å². The number of aromatic nitrogens is 3. The number of benzene rings is 1. The van der Waals surface area contributed by atoms with E-state index in [0.717, 1.165) is 32.2 Å². The van der Waals surface area contributed by atoms with Gasteiger partial charge in [-0.05, 0) is 19.1 Å². The number of nitrogens with one attached hydrogen (secondary N) is 1. The summed E-state index contributed by atoms with van der Waals surface area (Å²) in [4.78, 5) is 22.0. The minimum atomic E-state index is -4.80. The summed E-state index contributed by atoms with van der Waals surface area (Å²) in [5.41, 5.74) is -2.57. The average Bonchev–Trinajstić information content (AvgIpc) is 3.28. The lowest BCUT2D eigenvalue weighted by atomic mass is 9.77. The quantitative estimate of drug-likeness (QED) is 0.533. The van der Waals surface area contributed by atoms with Gasteiger partial charge >= 0.3 is 12.1 Å². The number of hydrogen-bond acceptors (Lipinski definition) is 5. The second-order valence-corrected chi connectivity index (χ2v) is 7.96. The van der Waals surface area contributed by atoms with Gasteiger partial charge < -0.3 is 19.6 Å². The zero-order chi connectivity index (χ0) is 24.3. The van der Waals surface area contributed by atoms with Gasteiger partial charge in [-0.15, -0.1) is 0 Å². The number of carbonyl (C=O) groups is 1. The van der Waals surface area contributed by atoms with Crippen molar-refractivity contribution in [2.24, 2.45) is 5.92 Å². The molecule has 0 saturated carbocycles. The smallest absolute Gasteiger partial charge is 0.417 e. The van der Waals surface area contributed by atoms with Crippen molar-refractivity contribution in [2.45, 2.75) is 37.6 Å². The van der Waals surface area contributed by atoms with Crippen molar-refractivity contribution in [1.29, 1.82) is 0 Å². The van der Waals surface area contributed by atoms with Crippen LogP contribution < -0.4 is 4.74 Å². The topological polar surface area (TPSA) is 97.3 Å². The first-order valence-corrected chi connectivity index (χ1v) is 9.74. The van der Waals surface area contributed by atoms with Crippen LogP contribution in [0, 0.1) is 17.6 Å². The van der Waals surface area contributed by atoms with Crippen molar-refractivity contribution in [1.82, 2.24) is 15.0 Å². The van der Waals surface area contributed by atoms with Crippen LogP contribution in [0.25, 0.3) is 11.0 Å². The molecule has 1 fully saturated rings. The minimum Gasteiger partial charge on any atom is -0.493 e. The summed E-state index contributed by atoms with van der Waals surface area (Å²) in [6.07, 6.45) is -4.98. The van der Waals surface area contributed by atoms with Crippen LogP contribution in [-0.4, -0.2) is 44.9 Å². The first-order chi connectivity index (χ1) is 15.4. The molecule has 0 amide bonds.